The predicted molar refractivity (Wildman–Crippen MR) is 155 cm³/mol. The number of fused-ring (bicyclic) bond motifs is 1. The second kappa shape index (κ2) is 12.5. The van der Waals surface area contributed by atoms with Crippen molar-refractivity contribution >= 4 is 46.4 Å². The highest BCUT2D eigenvalue weighted by atomic mass is 32.2. The maximum Gasteiger partial charge on any atom is 0.264 e. The third-order valence-electron chi connectivity index (χ3n) is 6.18. The van der Waals surface area contributed by atoms with E-state index < -0.39 is 5.91 Å². The number of pyridine rings is 1. The fraction of sp³-hybridized carbons (Fsp3) is 0.241. The van der Waals surface area contributed by atoms with Crippen molar-refractivity contribution in [3.8, 4) is 0 Å². The number of rotatable bonds is 10. The highest BCUT2D eigenvalue weighted by Gasteiger charge is 2.22. The largest absolute Gasteiger partial charge is 0.365 e. The Balaban J connectivity index is 1.68. The number of benzene rings is 2. The minimum Gasteiger partial charge on any atom is -0.365 e. The SMILES string of the molecule is C/C(=N\N(C1=CCCc2ccc(NC(=O)c3cccnc3C)cc21)c1ccc(SCCCN)cc1)C(N)=O. The van der Waals surface area contributed by atoms with E-state index in [9.17, 15) is 9.59 Å². The van der Waals surface area contributed by atoms with E-state index in [0.29, 0.717) is 23.5 Å². The number of nitrogens with zero attached hydrogens (tertiary/aromatic N) is 3. The Morgan fingerprint density at radius 3 is 2.66 bits per heavy atom. The van der Waals surface area contributed by atoms with E-state index in [-0.39, 0.29) is 11.6 Å². The molecular formula is C29H32N6O2S. The molecule has 2 aromatic carbocycles. The lowest BCUT2D eigenvalue weighted by Gasteiger charge is -2.28. The van der Waals surface area contributed by atoms with Crippen LogP contribution in [0.25, 0.3) is 5.70 Å². The molecule has 1 aliphatic carbocycles. The average molecular weight is 529 g/mol. The summed E-state index contributed by atoms with van der Waals surface area (Å²) in [4.78, 5) is 30.2. The van der Waals surface area contributed by atoms with Gasteiger partial charge in [0.05, 0.1) is 16.9 Å². The maximum absolute atomic E-state index is 12.9. The number of hydrazone groups is 1. The van der Waals surface area contributed by atoms with E-state index in [1.807, 2.05) is 49.4 Å². The summed E-state index contributed by atoms with van der Waals surface area (Å²) in [6.07, 6.45) is 6.39. The first-order valence-corrected chi connectivity index (χ1v) is 13.5. The molecule has 0 unspecified atom stereocenters. The minimum atomic E-state index is -0.589. The van der Waals surface area contributed by atoms with Gasteiger partial charge in [-0.25, -0.2) is 5.01 Å². The van der Waals surface area contributed by atoms with Crippen LogP contribution < -0.4 is 21.8 Å². The second-order valence-electron chi connectivity index (χ2n) is 8.94. The minimum absolute atomic E-state index is 0.191. The number of carbonyl (C=O) groups excluding carboxylic acids is 2. The fourth-order valence-corrected chi connectivity index (χ4v) is 4.99. The van der Waals surface area contributed by atoms with Gasteiger partial charge >= 0.3 is 0 Å². The van der Waals surface area contributed by atoms with Crippen LogP contribution in [0.4, 0.5) is 11.4 Å². The summed E-state index contributed by atoms with van der Waals surface area (Å²) in [7, 11) is 0. The van der Waals surface area contributed by atoms with Gasteiger partial charge in [-0.2, -0.15) is 5.10 Å². The molecule has 0 fully saturated rings. The molecule has 1 aromatic heterocycles. The van der Waals surface area contributed by atoms with Gasteiger partial charge in [0.25, 0.3) is 11.8 Å². The van der Waals surface area contributed by atoms with E-state index >= 15 is 0 Å². The number of thioether (sulfide) groups is 1. The Morgan fingerprint density at radius 1 is 1.16 bits per heavy atom. The number of carbonyl (C=O) groups is 2. The Morgan fingerprint density at radius 2 is 1.95 bits per heavy atom. The number of nitrogens with one attached hydrogen (secondary N) is 1. The van der Waals surface area contributed by atoms with E-state index in [1.54, 1.807) is 42.0 Å². The number of hydrogen-bond acceptors (Lipinski definition) is 7. The standard InChI is InChI=1S/C29H32N6O2S/c1-19-25(7-4-16-32-19)29(37)33-22-10-9-21-6-3-8-27(26(21)18-22)35(34-20(2)28(31)36)23-11-13-24(14-12-23)38-17-5-15-30/h4,7-14,16,18H,3,5-6,15,17,30H2,1-2H3,(H2,31,36)(H,33,37)/b34-20+. The van der Waals surface area contributed by atoms with Crippen molar-refractivity contribution in [3.05, 3.63) is 89.3 Å². The van der Waals surface area contributed by atoms with Crippen LogP contribution in [0.15, 0.2) is 76.9 Å². The molecule has 0 atom stereocenters. The predicted octanol–water partition coefficient (Wildman–Crippen LogP) is 4.74. The van der Waals surface area contributed by atoms with Crippen LogP contribution in [-0.2, 0) is 11.2 Å². The van der Waals surface area contributed by atoms with Gasteiger partial charge < -0.3 is 16.8 Å². The fourth-order valence-electron chi connectivity index (χ4n) is 4.12. The molecule has 8 nitrogen and oxygen atoms in total. The molecule has 1 aliphatic rings. The monoisotopic (exact) mass is 528 g/mol. The quantitative estimate of drug-likeness (QED) is 0.151. The molecule has 9 heteroatoms. The normalized spacial score (nSPS) is 12.9. The number of aryl methyl sites for hydroxylation is 2. The van der Waals surface area contributed by atoms with Crippen LogP contribution in [0.3, 0.4) is 0 Å². The number of amides is 2. The zero-order valence-corrected chi connectivity index (χ0v) is 22.4. The van der Waals surface area contributed by atoms with E-state index in [4.69, 9.17) is 11.5 Å². The number of primary amides is 1. The lowest BCUT2D eigenvalue weighted by atomic mass is 9.93. The molecular weight excluding hydrogens is 496 g/mol. The molecule has 0 radical (unpaired) electrons. The zero-order chi connectivity index (χ0) is 27.1. The molecule has 0 bridgehead atoms. The van der Waals surface area contributed by atoms with Crippen molar-refractivity contribution in [2.45, 2.75) is 38.0 Å². The first kappa shape index (κ1) is 27.1. The van der Waals surface area contributed by atoms with Gasteiger partial charge in [0.1, 0.15) is 5.71 Å². The second-order valence-corrected chi connectivity index (χ2v) is 10.1. The summed E-state index contributed by atoms with van der Waals surface area (Å²) in [6.45, 7) is 4.07. The van der Waals surface area contributed by atoms with Crippen molar-refractivity contribution in [2.75, 3.05) is 22.6 Å². The summed E-state index contributed by atoms with van der Waals surface area (Å²) in [5, 5.41) is 9.36. The van der Waals surface area contributed by atoms with E-state index in [1.165, 1.54) is 0 Å². The van der Waals surface area contributed by atoms with Crippen molar-refractivity contribution in [2.24, 2.45) is 16.6 Å². The highest BCUT2D eigenvalue weighted by molar-refractivity contribution is 7.99. The molecule has 0 saturated carbocycles. The average Bonchev–Trinajstić information content (AvgIpc) is 2.92. The number of anilines is 2. The summed E-state index contributed by atoms with van der Waals surface area (Å²) < 4.78 is 0. The van der Waals surface area contributed by atoms with E-state index in [0.717, 1.165) is 52.4 Å². The van der Waals surface area contributed by atoms with Crippen LogP contribution in [0.5, 0.6) is 0 Å². The van der Waals surface area contributed by atoms with E-state index in [2.05, 4.69) is 21.5 Å². The first-order valence-electron chi connectivity index (χ1n) is 12.5. The van der Waals surface area contributed by atoms with Gasteiger partial charge in [-0.05, 0) is 99.5 Å². The van der Waals surface area contributed by atoms with Crippen molar-refractivity contribution in [1.82, 2.24) is 4.98 Å². The Hall–Kier alpha value is -3.95. The molecule has 0 saturated heterocycles. The molecule has 2 amide bonds. The van der Waals surface area contributed by atoms with Gasteiger partial charge in [0, 0.05) is 28.0 Å². The molecule has 38 heavy (non-hydrogen) atoms. The molecule has 1 heterocycles. The van der Waals surface area contributed by atoms with Crippen LogP contribution in [0.1, 0.15) is 46.9 Å². The van der Waals surface area contributed by atoms with Gasteiger partial charge in [-0.1, -0.05) is 12.1 Å². The van der Waals surface area contributed by atoms with Gasteiger partial charge in [-0.15, -0.1) is 11.8 Å². The summed E-state index contributed by atoms with van der Waals surface area (Å²) >= 11 is 1.75. The number of nitrogens with two attached hydrogens (primary N) is 2. The third-order valence-corrected chi connectivity index (χ3v) is 7.28. The van der Waals surface area contributed by atoms with Crippen LogP contribution in [0.2, 0.25) is 0 Å². The molecule has 196 valence electrons. The maximum atomic E-state index is 12.9. The lowest BCUT2D eigenvalue weighted by molar-refractivity contribution is -0.112. The first-order chi connectivity index (χ1) is 18.4. The smallest absolute Gasteiger partial charge is 0.264 e. The zero-order valence-electron chi connectivity index (χ0n) is 21.6. The molecule has 4 rings (SSSR count). The Bertz CT molecular complexity index is 1380. The molecule has 5 N–H and O–H groups in total. The molecule has 0 spiro atoms. The topological polar surface area (TPSA) is 127 Å². The van der Waals surface area contributed by atoms with Crippen molar-refractivity contribution in [1.29, 1.82) is 0 Å². The number of hydrogen-bond donors (Lipinski definition) is 3. The van der Waals surface area contributed by atoms with Gasteiger partial charge in [0.2, 0.25) is 0 Å². The number of aromatic nitrogens is 1. The Kier molecular flexibility index (Phi) is 8.93. The van der Waals surface area contributed by atoms with Crippen LogP contribution >= 0.6 is 11.8 Å². The van der Waals surface area contributed by atoms with Crippen molar-refractivity contribution in [3.63, 3.8) is 0 Å². The summed E-state index contributed by atoms with van der Waals surface area (Å²) in [6, 6.07) is 17.4. The Labute approximate surface area is 227 Å². The highest BCUT2D eigenvalue weighted by Crippen LogP contribution is 2.35. The summed E-state index contributed by atoms with van der Waals surface area (Å²) in [5.41, 5.74) is 16.9. The molecule has 0 aliphatic heterocycles. The third kappa shape index (κ3) is 6.48. The van der Waals surface area contributed by atoms with Gasteiger partial charge in [-0.3, -0.25) is 14.6 Å². The van der Waals surface area contributed by atoms with Crippen LogP contribution in [0, 0.1) is 6.92 Å². The summed E-state index contributed by atoms with van der Waals surface area (Å²) in [5.74, 6) is 0.136. The number of allylic oxidation sites excluding steroid dienone is 1. The van der Waals surface area contributed by atoms with Crippen LogP contribution in [-0.4, -0.2) is 34.8 Å². The molecule has 3 aromatic rings. The van der Waals surface area contributed by atoms with Crippen molar-refractivity contribution < 1.29 is 9.59 Å². The van der Waals surface area contributed by atoms with Gasteiger partial charge in [0.15, 0.2) is 0 Å². The lowest BCUT2D eigenvalue weighted by Crippen LogP contribution is -2.26.